The maximum Gasteiger partial charge on any atom is 0.228 e. The van der Waals surface area contributed by atoms with Gasteiger partial charge in [-0.05, 0) is 48.3 Å². The van der Waals surface area contributed by atoms with Gasteiger partial charge in [-0.3, -0.25) is 9.69 Å². The second-order valence-corrected chi connectivity index (χ2v) is 6.03. The number of nitrogens with two attached hydrogens (primary N) is 1. The van der Waals surface area contributed by atoms with E-state index in [2.05, 4.69) is 34.1 Å². The number of aromatic nitrogens is 1. The number of amides is 1. The number of nitrogen functional groups attached to an aromatic ring is 1. The molecule has 2 heterocycles. The maximum absolute atomic E-state index is 11.5. The van der Waals surface area contributed by atoms with Crippen molar-refractivity contribution >= 4 is 33.3 Å². The summed E-state index contributed by atoms with van der Waals surface area (Å²) in [5, 5.41) is 0. The Balaban J connectivity index is 0.000000261. The lowest BCUT2D eigenvalue weighted by Gasteiger charge is -2.16. The lowest BCUT2D eigenvalue weighted by molar-refractivity contribution is -0.117. The van der Waals surface area contributed by atoms with E-state index in [1.165, 1.54) is 0 Å². The van der Waals surface area contributed by atoms with Crippen LogP contribution in [0.1, 0.15) is 26.7 Å². The Hall–Kier alpha value is -1.88. The minimum atomic E-state index is 0.0994. The lowest BCUT2D eigenvalue weighted by Crippen LogP contribution is -2.25. The molecule has 0 radical (unpaired) electrons. The molecule has 0 saturated carbocycles. The average molecular weight is 364 g/mol. The maximum atomic E-state index is 11.5. The zero-order valence-corrected chi connectivity index (χ0v) is 14.7. The SMILES string of the molecule is C=C(C)/C=C\C(=C)C.Nc1ccc(Br)nc1N1CCCC1=O. The Morgan fingerprint density at radius 2 is 1.91 bits per heavy atom. The van der Waals surface area contributed by atoms with Crippen LogP contribution < -0.4 is 10.6 Å². The van der Waals surface area contributed by atoms with Crippen LogP contribution in [0.2, 0.25) is 0 Å². The summed E-state index contributed by atoms with van der Waals surface area (Å²) >= 11 is 3.26. The molecule has 1 amide bonds. The molecule has 2 N–H and O–H groups in total. The van der Waals surface area contributed by atoms with Gasteiger partial charge in [-0.15, -0.1) is 0 Å². The first-order chi connectivity index (χ1) is 10.3. The van der Waals surface area contributed by atoms with Gasteiger partial charge in [-0.2, -0.15) is 0 Å². The van der Waals surface area contributed by atoms with Crippen molar-refractivity contribution in [1.82, 2.24) is 4.98 Å². The van der Waals surface area contributed by atoms with E-state index in [9.17, 15) is 4.79 Å². The summed E-state index contributed by atoms with van der Waals surface area (Å²) in [6.45, 7) is 12.0. The zero-order valence-electron chi connectivity index (χ0n) is 13.1. The summed E-state index contributed by atoms with van der Waals surface area (Å²) in [5.74, 6) is 0.671. The average Bonchev–Trinajstić information content (AvgIpc) is 2.86. The first kappa shape index (κ1) is 18.2. The fourth-order valence-corrected chi connectivity index (χ4v) is 2.11. The van der Waals surface area contributed by atoms with Gasteiger partial charge in [0.25, 0.3) is 0 Å². The van der Waals surface area contributed by atoms with Gasteiger partial charge in [0.05, 0.1) is 5.69 Å². The number of pyridine rings is 1. The molecule has 1 aromatic rings. The molecule has 1 aromatic heterocycles. The topological polar surface area (TPSA) is 59.2 Å². The van der Waals surface area contributed by atoms with Crippen molar-refractivity contribution in [2.75, 3.05) is 17.2 Å². The van der Waals surface area contributed by atoms with E-state index in [1.54, 1.807) is 17.0 Å². The summed E-state index contributed by atoms with van der Waals surface area (Å²) in [6, 6.07) is 3.51. The Bertz CT molecular complexity index is 592. The van der Waals surface area contributed by atoms with Crippen LogP contribution in [0.25, 0.3) is 0 Å². The highest BCUT2D eigenvalue weighted by molar-refractivity contribution is 9.10. The Morgan fingerprint density at radius 1 is 1.32 bits per heavy atom. The predicted octanol–water partition coefficient (Wildman–Crippen LogP) is 4.25. The third-order valence-corrected chi connectivity index (χ3v) is 3.29. The molecule has 118 valence electrons. The van der Waals surface area contributed by atoms with Crippen LogP contribution in [0.4, 0.5) is 11.5 Å². The number of rotatable bonds is 3. The predicted molar refractivity (Wildman–Crippen MR) is 96.7 cm³/mol. The van der Waals surface area contributed by atoms with Gasteiger partial charge in [-0.25, -0.2) is 4.98 Å². The molecule has 0 atom stereocenters. The van der Waals surface area contributed by atoms with Crippen molar-refractivity contribution in [3.8, 4) is 0 Å². The number of halogens is 1. The standard InChI is InChI=1S/C9H10BrN3O.C8H12/c10-7-4-3-6(11)9(12-7)13-5-1-2-8(13)14;1-7(2)5-6-8(3)4/h3-4H,1-2,5,11H2;5-6H,1,3H2,2,4H3/b;6-5-. The molecular formula is C17H22BrN3O. The number of hydrogen-bond donors (Lipinski definition) is 1. The summed E-state index contributed by atoms with van der Waals surface area (Å²) < 4.78 is 0.696. The van der Waals surface area contributed by atoms with Crippen LogP contribution in [0.15, 0.2) is 53.2 Å². The van der Waals surface area contributed by atoms with E-state index in [4.69, 9.17) is 5.73 Å². The minimum absolute atomic E-state index is 0.0994. The van der Waals surface area contributed by atoms with E-state index in [0.717, 1.165) is 17.6 Å². The summed E-state index contributed by atoms with van der Waals surface area (Å²) in [6.07, 6.45) is 5.37. The van der Waals surface area contributed by atoms with Crippen LogP contribution in [0, 0.1) is 0 Å². The molecule has 5 heteroatoms. The van der Waals surface area contributed by atoms with Crippen molar-refractivity contribution in [2.24, 2.45) is 0 Å². The monoisotopic (exact) mass is 363 g/mol. The first-order valence-corrected chi connectivity index (χ1v) is 7.82. The molecule has 1 aliphatic heterocycles. The van der Waals surface area contributed by atoms with Crippen molar-refractivity contribution < 1.29 is 4.79 Å². The number of carbonyl (C=O) groups is 1. The summed E-state index contributed by atoms with van der Waals surface area (Å²) in [4.78, 5) is 17.3. The quantitative estimate of drug-likeness (QED) is 0.644. The fourth-order valence-electron chi connectivity index (χ4n) is 1.81. The number of allylic oxidation sites excluding steroid dienone is 4. The second kappa shape index (κ2) is 8.54. The first-order valence-electron chi connectivity index (χ1n) is 7.02. The van der Waals surface area contributed by atoms with Crippen molar-refractivity contribution in [1.29, 1.82) is 0 Å². The molecule has 0 aromatic carbocycles. The molecule has 0 bridgehead atoms. The molecule has 1 aliphatic rings. The van der Waals surface area contributed by atoms with Gasteiger partial charge in [0.1, 0.15) is 4.60 Å². The molecule has 0 aliphatic carbocycles. The summed E-state index contributed by atoms with van der Waals surface area (Å²) in [7, 11) is 0. The van der Waals surface area contributed by atoms with E-state index in [0.29, 0.717) is 29.1 Å². The Morgan fingerprint density at radius 3 is 2.36 bits per heavy atom. The molecule has 1 fully saturated rings. The third kappa shape index (κ3) is 5.85. The highest BCUT2D eigenvalue weighted by Crippen LogP contribution is 2.26. The summed E-state index contributed by atoms with van der Waals surface area (Å²) in [5.41, 5.74) is 8.43. The van der Waals surface area contributed by atoms with Gasteiger partial charge in [0.2, 0.25) is 5.91 Å². The van der Waals surface area contributed by atoms with Gasteiger partial charge in [0.15, 0.2) is 5.82 Å². The normalized spacial score (nSPS) is 14.0. The van der Waals surface area contributed by atoms with E-state index < -0.39 is 0 Å². The van der Waals surface area contributed by atoms with Gasteiger partial charge in [0, 0.05) is 13.0 Å². The van der Waals surface area contributed by atoms with E-state index >= 15 is 0 Å². The van der Waals surface area contributed by atoms with Gasteiger partial charge in [-0.1, -0.05) is 36.5 Å². The van der Waals surface area contributed by atoms with Crippen molar-refractivity contribution in [3.05, 3.63) is 53.2 Å². The molecule has 2 rings (SSSR count). The fraction of sp³-hybridized carbons (Fsp3) is 0.294. The molecule has 0 unspecified atom stereocenters. The van der Waals surface area contributed by atoms with Crippen LogP contribution in [-0.2, 0) is 4.79 Å². The number of nitrogens with zero attached hydrogens (tertiary/aromatic N) is 2. The van der Waals surface area contributed by atoms with Gasteiger partial charge >= 0.3 is 0 Å². The second-order valence-electron chi connectivity index (χ2n) is 5.22. The molecule has 22 heavy (non-hydrogen) atoms. The number of hydrogen-bond acceptors (Lipinski definition) is 3. The van der Waals surface area contributed by atoms with Crippen LogP contribution in [-0.4, -0.2) is 17.4 Å². The van der Waals surface area contributed by atoms with Crippen molar-refractivity contribution in [2.45, 2.75) is 26.7 Å². The molecular weight excluding hydrogens is 342 g/mol. The largest absolute Gasteiger partial charge is 0.396 e. The lowest BCUT2D eigenvalue weighted by atomic mass is 10.2. The Kier molecular flexibility index (Phi) is 7.05. The molecule has 0 spiro atoms. The van der Waals surface area contributed by atoms with Crippen LogP contribution in [0.3, 0.4) is 0 Å². The van der Waals surface area contributed by atoms with Crippen LogP contribution >= 0.6 is 15.9 Å². The minimum Gasteiger partial charge on any atom is -0.396 e. The van der Waals surface area contributed by atoms with E-state index in [1.807, 2.05) is 26.0 Å². The van der Waals surface area contributed by atoms with Crippen LogP contribution in [0.5, 0.6) is 0 Å². The van der Waals surface area contributed by atoms with E-state index in [-0.39, 0.29) is 5.91 Å². The highest BCUT2D eigenvalue weighted by atomic mass is 79.9. The van der Waals surface area contributed by atoms with Crippen molar-refractivity contribution in [3.63, 3.8) is 0 Å². The third-order valence-electron chi connectivity index (χ3n) is 2.85. The smallest absolute Gasteiger partial charge is 0.228 e. The van der Waals surface area contributed by atoms with Gasteiger partial charge < -0.3 is 5.73 Å². The molecule has 1 saturated heterocycles. The highest BCUT2D eigenvalue weighted by Gasteiger charge is 2.24. The Labute approximate surface area is 140 Å². The number of anilines is 2. The molecule has 4 nitrogen and oxygen atoms in total. The number of carbonyl (C=O) groups excluding carboxylic acids is 1. The zero-order chi connectivity index (χ0) is 16.7.